The van der Waals surface area contributed by atoms with Crippen LogP contribution in [0.15, 0.2) is 12.1 Å². The number of hydrogen-bond acceptors (Lipinski definition) is 2. The van der Waals surface area contributed by atoms with Crippen LogP contribution in [-0.4, -0.2) is 29.7 Å². The maximum atomic E-state index is 9.72. The van der Waals surface area contributed by atoms with Crippen molar-refractivity contribution >= 4 is 0 Å². The summed E-state index contributed by atoms with van der Waals surface area (Å²) in [5.41, 5.74) is 5.27. The quantitative estimate of drug-likeness (QED) is 0.867. The molecule has 2 rings (SSSR count). The maximum absolute atomic E-state index is 9.72. The molecule has 1 aliphatic heterocycles. The average molecular weight is 233 g/mol. The van der Waals surface area contributed by atoms with Gasteiger partial charge in [0.15, 0.2) is 0 Å². The first kappa shape index (κ1) is 12.6. The summed E-state index contributed by atoms with van der Waals surface area (Å²) < 4.78 is 0. The van der Waals surface area contributed by atoms with E-state index in [1.54, 1.807) is 0 Å². The Balaban J connectivity index is 2.36. The molecule has 0 bridgehead atoms. The number of hydrogen-bond donors (Lipinski definition) is 1. The molecule has 0 spiro atoms. The summed E-state index contributed by atoms with van der Waals surface area (Å²) in [6.45, 7) is 8.93. The summed E-state index contributed by atoms with van der Waals surface area (Å²) in [6, 6.07) is 4.64. The second kappa shape index (κ2) is 5.19. The Morgan fingerprint density at radius 1 is 1.12 bits per heavy atom. The summed E-state index contributed by atoms with van der Waals surface area (Å²) in [5.74, 6) is 0. The van der Waals surface area contributed by atoms with Crippen molar-refractivity contribution in [2.75, 3.05) is 19.7 Å². The van der Waals surface area contributed by atoms with Crippen LogP contribution < -0.4 is 0 Å². The van der Waals surface area contributed by atoms with Gasteiger partial charge in [0.25, 0.3) is 0 Å². The normalized spacial score (nSPS) is 18.6. The van der Waals surface area contributed by atoms with E-state index in [2.05, 4.69) is 37.8 Å². The van der Waals surface area contributed by atoms with Crippen molar-refractivity contribution in [1.82, 2.24) is 4.90 Å². The van der Waals surface area contributed by atoms with E-state index in [9.17, 15) is 5.11 Å². The molecule has 1 heterocycles. The van der Waals surface area contributed by atoms with Crippen LogP contribution >= 0.6 is 0 Å². The first-order valence-electron chi connectivity index (χ1n) is 6.56. The van der Waals surface area contributed by atoms with Gasteiger partial charge in [0.05, 0.1) is 12.6 Å². The van der Waals surface area contributed by atoms with Gasteiger partial charge in [0.1, 0.15) is 0 Å². The topological polar surface area (TPSA) is 23.5 Å². The Morgan fingerprint density at radius 3 is 2.12 bits per heavy atom. The van der Waals surface area contributed by atoms with Crippen LogP contribution in [0.3, 0.4) is 0 Å². The van der Waals surface area contributed by atoms with E-state index in [1.165, 1.54) is 35.1 Å². The molecule has 0 saturated carbocycles. The lowest BCUT2D eigenvalue weighted by atomic mass is 9.93. The highest BCUT2D eigenvalue weighted by molar-refractivity contribution is 5.39. The van der Waals surface area contributed by atoms with Gasteiger partial charge in [-0.1, -0.05) is 17.7 Å². The van der Waals surface area contributed by atoms with Gasteiger partial charge in [0.2, 0.25) is 0 Å². The molecule has 0 aromatic heterocycles. The Kier molecular flexibility index (Phi) is 3.85. The van der Waals surface area contributed by atoms with Crippen LogP contribution in [0.1, 0.15) is 41.1 Å². The van der Waals surface area contributed by atoms with Crippen molar-refractivity contribution in [3.8, 4) is 0 Å². The third-order valence-electron chi connectivity index (χ3n) is 3.83. The number of rotatable bonds is 3. The van der Waals surface area contributed by atoms with Crippen LogP contribution in [0.5, 0.6) is 0 Å². The molecule has 0 aliphatic carbocycles. The minimum Gasteiger partial charge on any atom is -0.394 e. The molecule has 1 saturated heterocycles. The SMILES string of the molecule is Cc1cc(C)c(C(CO)N2CCCC2)c(C)c1. The molecule has 2 heteroatoms. The third-order valence-corrected chi connectivity index (χ3v) is 3.83. The summed E-state index contributed by atoms with van der Waals surface area (Å²) >= 11 is 0. The molecule has 1 unspecified atom stereocenters. The average Bonchev–Trinajstić information content (AvgIpc) is 2.76. The van der Waals surface area contributed by atoms with E-state index in [-0.39, 0.29) is 12.6 Å². The van der Waals surface area contributed by atoms with E-state index >= 15 is 0 Å². The van der Waals surface area contributed by atoms with Crippen LogP contribution in [-0.2, 0) is 0 Å². The van der Waals surface area contributed by atoms with E-state index in [1.807, 2.05) is 0 Å². The van der Waals surface area contributed by atoms with Gasteiger partial charge in [0, 0.05) is 0 Å². The van der Waals surface area contributed by atoms with E-state index in [0.717, 1.165) is 13.1 Å². The highest BCUT2D eigenvalue weighted by Crippen LogP contribution is 2.30. The van der Waals surface area contributed by atoms with E-state index in [0.29, 0.717) is 0 Å². The summed E-state index contributed by atoms with van der Waals surface area (Å²) in [7, 11) is 0. The molecule has 0 radical (unpaired) electrons. The molecule has 2 nitrogen and oxygen atoms in total. The predicted molar refractivity (Wildman–Crippen MR) is 71.3 cm³/mol. The van der Waals surface area contributed by atoms with Crippen molar-refractivity contribution in [2.24, 2.45) is 0 Å². The van der Waals surface area contributed by atoms with Gasteiger partial charge in [-0.15, -0.1) is 0 Å². The molecule has 1 N–H and O–H groups in total. The highest BCUT2D eigenvalue weighted by Gasteiger charge is 2.25. The lowest BCUT2D eigenvalue weighted by Crippen LogP contribution is -2.29. The van der Waals surface area contributed by atoms with Crippen molar-refractivity contribution < 1.29 is 5.11 Å². The van der Waals surface area contributed by atoms with Crippen molar-refractivity contribution in [1.29, 1.82) is 0 Å². The molecule has 17 heavy (non-hydrogen) atoms. The van der Waals surface area contributed by atoms with Crippen molar-refractivity contribution in [2.45, 2.75) is 39.7 Å². The molecule has 1 aliphatic rings. The molecule has 0 amide bonds. The Morgan fingerprint density at radius 2 is 1.65 bits per heavy atom. The fraction of sp³-hybridized carbons (Fsp3) is 0.600. The van der Waals surface area contributed by atoms with Gasteiger partial charge >= 0.3 is 0 Å². The Bertz CT molecular complexity index is 371. The fourth-order valence-corrected chi connectivity index (χ4v) is 3.16. The van der Waals surface area contributed by atoms with Crippen LogP contribution in [0.2, 0.25) is 0 Å². The molecular weight excluding hydrogens is 210 g/mol. The smallest absolute Gasteiger partial charge is 0.0628 e. The zero-order valence-corrected chi connectivity index (χ0v) is 11.2. The lowest BCUT2D eigenvalue weighted by molar-refractivity contribution is 0.146. The first-order valence-corrected chi connectivity index (χ1v) is 6.56. The van der Waals surface area contributed by atoms with Crippen molar-refractivity contribution in [3.63, 3.8) is 0 Å². The number of aliphatic hydroxyl groups excluding tert-OH is 1. The van der Waals surface area contributed by atoms with Crippen LogP contribution in [0, 0.1) is 20.8 Å². The number of nitrogens with zero attached hydrogens (tertiary/aromatic N) is 1. The minimum atomic E-state index is 0.193. The van der Waals surface area contributed by atoms with E-state index in [4.69, 9.17) is 0 Å². The van der Waals surface area contributed by atoms with Gasteiger partial charge < -0.3 is 5.11 Å². The van der Waals surface area contributed by atoms with Gasteiger partial charge in [-0.2, -0.15) is 0 Å². The van der Waals surface area contributed by atoms with Crippen LogP contribution in [0.4, 0.5) is 0 Å². The number of aliphatic hydroxyl groups is 1. The molecule has 1 aromatic carbocycles. The summed E-state index contributed by atoms with van der Waals surface area (Å²) in [4.78, 5) is 2.42. The maximum Gasteiger partial charge on any atom is 0.0628 e. The highest BCUT2D eigenvalue weighted by atomic mass is 16.3. The van der Waals surface area contributed by atoms with Crippen LogP contribution in [0.25, 0.3) is 0 Å². The standard InChI is InChI=1S/C15H23NO/c1-11-8-12(2)15(13(3)9-11)14(10-17)16-6-4-5-7-16/h8-9,14,17H,4-7,10H2,1-3H3. The van der Waals surface area contributed by atoms with E-state index < -0.39 is 0 Å². The molecule has 1 atom stereocenters. The predicted octanol–water partition coefficient (Wildman–Crippen LogP) is 2.74. The second-order valence-corrected chi connectivity index (χ2v) is 5.25. The summed E-state index contributed by atoms with van der Waals surface area (Å²) in [6.07, 6.45) is 2.53. The molecular formula is C15H23NO. The minimum absolute atomic E-state index is 0.193. The molecule has 1 aromatic rings. The number of likely N-dealkylation sites (tertiary alicyclic amines) is 1. The zero-order chi connectivity index (χ0) is 12.4. The monoisotopic (exact) mass is 233 g/mol. The first-order chi connectivity index (χ1) is 8.13. The molecule has 94 valence electrons. The summed E-state index contributed by atoms with van der Waals surface area (Å²) in [5, 5.41) is 9.72. The molecule has 1 fully saturated rings. The number of benzene rings is 1. The Labute approximate surface area is 104 Å². The Hall–Kier alpha value is -0.860. The van der Waals surface area contributed by atoms with Gasteiger partial charge in [-0.25, -0.2) is 0 Å². The third kappa shape index (κ3) is 2.53. The van der Waals surface area contributed by atoms with Gasteiger partial charge in [-0.05, 0) is 63.4 Å². The fourth-order valence-electron chi connectivity index (χ4n) is 3.16. The lowest BCUT2D eigenvalue weighted by Gasteiger charge is -2.29. The zero-order valence-electron chi connectivity index (χ0n) is 11.2. The largest absolute Gasteiger partial charge is 0.394 e. The van der Waals surface area contributed by atoms with Gasteiger partial charge in [-0.3, -0.25) is 4.90 Å². The van der Waals surface area contributed by atoms with Crippen molar-refractivity contribution in [3.05, 3.63) is 34.4 Å². The second-order valence-electron chi connectivity index (χ2n) is 5.25. The number of aryl methyl sites for hydroxylation is 3.